The SMILES string of the molecule is CCCOC(=O)OC(C)(CC)C(C)(C)COC(C)N. The summed E-state index contributed by atoms with van der Waals surface area (Å²) in [4.78, 5) is 11.7. The summed E-state index contributed by atoms with van der Waals surface area (Å²) in [6.07, 6.45) is 0.478. The van der Waals surface area contributed by atoms with Crippen LogP contribution in [0, 0.1) is 5.41 Å². The second-order valence-electron chi connectivity index (χ2n) is 5.68. The topological polar surface area (TPSA) is 70.8 Å². The van der Waals surface area contributed by atoms with Crippen LogP contribution in [0.2, 0.25) is 0 Å². The van der Waals surface area contributed by atoms with Crippen LogP contribution in [0.25, 0.3) is 0 Å². The molecule has 0 radical (unpaired) electrons. The molecule has 0 aliphatic rings. The Morgan fingerprint density at radius 1 is 1.26 bits per heavy atom. The van der Waals surface area contributed by atoms with Gasteiger partial charge in [-0.05, 0) is 26.7 Å². The van der Waals surface area contributed by atoms with Crippen LogP contribution in [0.15, 0.2) is 0 Å². The fraction of sp³-hybridized carbons (Fsp3) is 0.929. The van der Waals surface area contributed by atoms with Crippen molar-refractivity contribution in [1.29, 1.82) is 0 Å². The second kappa shape index (κ2) is 7.70. The van der Waals surface area contributed by atoms with E-state index in [0.717, 1.165) is 6.42 Å². The van der Waals surface area contributed by atoms with Crippen LogP contribution in [0.1, 0.15) is 54.4 Å². The summed E-state index contributed by atoms with van der Waals surface area (Å²) in [5.74, 6) is 0. The zero-order valence-electron chi connectivity index (χ0n) is 13.1. The molecule has 0 rings (SSSR count). The lowest BCUT2D eigenvalue weighted by Gasteiger charge is -2.42. The molecule has 19 heavy (non-hydrogen) atoms. The number of hydrogen-bond acceptors (Lipinski definition) is 5. The third kappa shape index (κ3) is 5.78. The van der Waals surface area contributed by atoms with Gasteiger partial charge in [0, 0.05) is 5.41 Å². The Kier molecular flexibility index (Phi) is 7.37. The van der Waals surface area contributed by atoms with Crippen LogP contribution in [0.4, 0.5) is 4.79 Å². The molecule has 0 aromatic rings. The summed E-state index contributed by atoms with van der Waals surface area (Å²) in [7, 11) is 0. The van der Waals surface area contributed by atoms with Gasteiger partial charge in [0.2, 0.25) is 0 Å². The Morgan fingerprint density at radius 3 is 2.26 bits per heavy atom. The van der Waals surface area contributed by atoms with Crippen molar-refractivity contribution >= 4 is 6.16 Å². The Labute approximate surface area is 116 Å². The minimum atomic E-state index is -0.660. The molecule has 5 heteroatoms. The van der Waals surface area contributed by atoms with E-state index in [1.165, 1.54) is 0 Å². The first-order chi connectivity index (χ1) is 8.68. The molecule has 0 heterocycles. The molecule has 2 atom stereocenters. The van der Waals surface area contributed by atoms with Crippen molar-refractivity contribution in [2.45, 2.75) is 66.2 Å². The number of nitrogens with two attached hydrogens (primary N) is 1. The van der Waals surface area contributed by atoms with E-state index in [4.69, 9.17) is 19.9 Å². The molecule has 5 nitrogen and oxygen atoms in total. The summed E-state index contributed by atoms with van der Waals surface area (Å²) in [6, 6.07) is 0. The van der Waals surface area contributed by atoms with E-state index in [2.05, 4.69) is 0 Å². The Bertz CT molecular complexity index is 279. The summed E-state index contributed by atoms with van der Waals surface area (Å²) >= 11 is 0. The highest BCUT2D eigenvalue weighted by molar-refractivity contribution is 5.60. The molecule has 0 aromatic heterocycles. The molecule has 0 aliphatic carbocycles. The van der Waals surface area contributed by atoms with Crippen LogP contribution in [-0.2, 0) is 14.2 Å². The van der Waals surface area contributed by atoms with Gasteiger partial charge in [0.15, 0.2) is 0 Å². The second-order valence-corrected chi connectivity index (χ2v) is 5.68. The van der Waals surface area contributed by atoms with E-state index >= 15 is 0 Å². The first kappa shape index (κ1) is 18.2. The molecule has 0 spiro atoms. The van der Waals surface area contributed by atoms with E-state index in [0.29, 0.717) is 19.6 Å². The number of carbonyl (C=O) groups is 1. The quantitative estimate of drug-likeness (QED) is 0.544. The maximum atomic E-state index is 11.7. The lowest BCUT2D eigenvalue weighted by Crippen LogP contribution is -2.49. The predicted molar refractivity (Wildman–Crippen MR) is 74.8 cm³/mol. The molecule has 114 valence electrons. The van der Waals surface area contributed by atoms with Crippen molar-refractivity contribution < 1.29 is 19.0 Å². The molecule has 0 fully saturated rings. The maximum Gasteiger partial charge on any atom is 0.508 e. The lowest BCUT2D eigenvalue weighted by molar-refractivity contribution is -0.125. The van der Waals surface area contributed by atoms with Crippen molar-refractivity contribution in [1.82, 2.24) is 0 Å². The van der Waals surface area contributed by atoms with Gasteiger partial charge in [-0.3, -0.25) is 0 Å². The van der Waals surface area contributed by atoms with Crippen molar-refractivity contribution in [2.24, 2.45) is 11.1 Å². The van der Waals surface area contributed by atoms with E-state index in [9.17, 15) is 4.79 Å². The van der Waals surface area contributed by atoms with Gasteiger partial charge in [-0.2, -0.15) is 0 Å². The molecule has 0 aromatic carbocycles. The van der Waals surface area contributed by atoms with Gasteiger partial charge in [-0.1, -0.05) is 27.7 Å². The Morgan fingerprint density at radius 2 is 1.84 bits per heavy atom. The Balaban J connectivity index is 4.67. The fourth-order valence-corrected chi connectivity index (χ4v) is 1.58. The number of rotatable bonds is 8. The van der Waals surface area contributed by atoms with E-state index in [-0.39, 0.29) is 11.6 Å². The van der Waals surface area contributed by atoms with E-state index in [1.54, 1.807) is 6.92 Å². The molecular formula is C14H29NO4. The van der Waals surface area contributed by atoms with Crippen LogP contribution in [0.3, 0.4) is 0 Å². The number of carbonyl (C=O) groups excluding carboxylic acids is 1. The van der Waals surface area contributed by atoms with Crippen LogP contribution < -0.4 is 5.73 Å². The monoisotopic (exact) mass is 275 g/mol. The average molecular weight is 275 g/mol. The molecule has 0 saturated carbocycles. The molecule has 0 saturated heterocycles. The van der Waals surface area contributed by atoms with E-state index in [1.807, 2.05) is 34.6 Å². The minimum Gasteiger partial charge on any atom is -0.434 e. The molecule has 2 N–H and O–H groups in total. The normalized spacial score (nSPS) is 16.6. The predicted octanol–water partition coefficient (Wildman–Crippen LogP) is 3.07. The van der Waals surface area contributed by atoms with Gasteiger partial charge in [-0.25, -0.2) is 4.79 Å². The zero-order chi connectivity index (χ0) is 15.1. The average Bonchev–Trinajstić information content (AvgIpc) is 2.33. The smallest absolute Gasteiger partial charge is 0.434 e. The largest absolute Gasteiger partial charge is 0.508 e. The van der Waals surface area contributed by atoms with Crippen molar-refractivity contribution in [3.05, 3.63) is 0 Å². The van der Waals surface area contributed by atoms with Crippen LogP contribution in [0.5, 0.6) is 0 Å². The standard InChI is InChI=1S/C14H29NO4/c1-7-9-17-12(16)19-14(6,8-2)13(4,5)10-18-11(3)15/h11H,7-10,15H2,1-6H3. The molecular weight excluding hydrogens is 246 g/mol. The first-order valence-corrected chi connectivity index (χ1v) is 6.91. The minimum absolute atomic E-state index is 0.340. The van der Waals surface area contributed by atoms with E-state index < -0.39 is 11.8 Å². The molecule has 0 aliphatic heterocycles. The Hall–Kier alpha value is -0.810. The fourth-order valence-electron chi connectivity index (χ4n) is 1.58. The number of ether oxygens (including phenoxy) is 3. The van der Waals surface area contributed by atoms with Gasteiger partial charge in [0.1, 0.15) is 11.8 Å². The highest BCUT2D eigenvalue weighted by atomic mass is 16.7. The summed E-state index contributed by atoms with van der Waals surface area (Å²) in [5.41, 5.74) is 4.58. The number of hydrogen-bond donors (Lipinski definition) is 1. The third-order valence-electron chi connectivity index (χ3n) is 3.55. The van der Waals surface area contributed by atoms with Crippen molar-refractivity contribution in [3.63, 3.8) is 0 Å². The van der Waals surface area contributed by atoms with Crippen LogP contribution in [-0.4, -0.2) is 31.2 Å². The van der Waals surface area contributed by atoms with Gasteiger partial charge in [-0.15, -0.1) is 0 Å². The van der Waals surface area contributed by atoms with Crippen molar-refractivity contribution in [2.75, 3.05) is 13.2 Å². The third-order valence-corrected chi connectivity index (χ3v) is 3.55. The highest BCUT2D eigenvalue weighted by Gasteiger charge is 2.44. The molecule has 2 unspecified atom stereocenters. The zero-order valence-corrected chi connectivity index (χ0v) is 13.1. The lowest BCUT2D eigenvalue weighted by atomic mass is 9.75. The molecule has 0 bridgehead atoms. The van der Waals surface area contributed by atoms with Gasteiger partial charge in [0.05, 0.1) is 13.2 Å². The summed E-state index contributed by atoms with van der Waals surface area (Å²) in [6.45, 7) is 12.3. The van der Waals surface area contributed by atoms with Gasteiger partial charge in [0.25, 0.3) is 0 Å². The maximum absolute atomic E-state index is 11.7. The first-order valence-electron chi connectivity index (χ1n) is 6.91. The highest BCUT2D eigenvalue weighted by Crippen LogP contribution is 2.37. The summed E-state index contributed by atoms with van der Waals surface area (Å²) in [5, 5.41) is 0. The van der Waals surface area contributed by atoms with Gasteiger partial charge < -0.3 is 19.9 Å². The molecule has 0 amide bonds. The van der Waals surface area contributed by atoms with Crippen molar-refractivity contribution in [3.8, 4) is 0 Å². The summed E-state index contributed by atoms with van der Waals surface area (Å²) < 4.78 is 16.0. The van der Waals surface area contributed by atoms with Crippen LogP contribution >= 0.6 is 0 Å². The van der Waals surface area contributed by atoms with Gasteiger partial charge >= 0.3 is 6.16 Å².